The number of hydrogen-bond acceptors (Lipinski definition) is 6. The van der Waals surface area contributed by atoms with Crippen LogP contribution < -0.4 is 10.6 Å². The Kier molecular flexibility index (Phi) is 5.69. The van der Waals surface area contributed by atoms with E-state index in [-0.39, 0.29) is 39.5 Å². The molecule has 150 valence electrons. The third-order valence-electron chi connectivity index (χ3n) is 4.48. The molecule has 28 heavy (non-hydrogen) atoms. The third kappa shape index (κ3) is 3.87. The molecular weight excluding hydrogens is 409 g/mol. The number of carboxylic acids is 1. The first-order chi connectivity index (χ1) is 13.1. The van der Waals surface area contributed by atoms with Gasteiger partial charge in [-0.3, -0.25) is 14.9 Å². The summed E-state index contributed by atoms with van der Waals surface area (Å²) in [6.07, 6.45) is 0. The van der Waals surface area contributed by atoms with Crippen LogP contribution in [0.25, 0.3) is 11.3 Å². The molecule has 1 aliphatic rings. The molecule has 3 rings (SSSR count). The second-order valence-corrected chi connectivity index (χ2v) is 9.18. The molecule has 3 N–H and O–H groups in total. The summed E-state index contributed by atoms with van der Waals surface area (Å²) in [6.45, 7) is 5.37. The van der Waals surface area contributed by atoms with Gasteiger partial charge in [-0.05, 0) is 32.9 Å². The van der Waals surface area contributed by atoms with Gasteiger partial charge in [-0.2, -0.15) is 0 Å². The molecule has 7 nitrogen and oxygen atoms in total. The van der Waals surface area contributed by atoms with E-state index in [9.17, 15) is 19.1 Å². The Hall–Kier alpha value is -2.10. The largest absolute Gasteiger partial charge is 0.480 e. The first kappa shape index (κ1) is 20.6. The lowest BCUT2D eigenvalue weighted by molar-refractivity contribution is -0.139. The zero-order valence-corrected chi connectivity index (χ0v) is 16.9. The molecule has 1 fully saturated rings. The fraction of sp³-hybridized carbons (Fsp3) is 0.389. The molecule has 0 saturated carbocycles. The summed E-state index contributed by atoms with van der Waals surface area (Å²) >= 11 is 7.51. The molecule has 0 bridgehead atoms. The van der Waals surface area contributed by atoms with Crippen molar-refractivity contribution in [3.63, 3.8) is 0 Å². The molecule has 1 aromatic carbocycles. The molecule has 0 spiro atoms. The van der Waals surface area contributed by atoms with E-state index in [2.05, 4.69) is 15.8 Å². The second-order valence-electron chi connectivity index (χ2n) is 6.92. The fourth-order valence-corrected chi connectivity index (χ4v) is 4.79. The summed E-state index contributed by atoms with van der Waals surface area (Å²) in [5, 5.41) is 18.7. The summed E-state index contributed by atoms with van der Waals surface area (Å²) in [6, 6.07) is 3.45. The van der Waals surface area contributed by atoms with Gasteiger partial charge < -0.3 is 14.9 Å². The Morgan fingerprint density at radius 1 is 1.46 bits per heavy atom. The number of aromatic nitrogens is 1. The highest BCUT2D eigenvalue weighted by Gasteiger charge is 2.45. The number of benzene rings is 1. The number of carboxylic acid groups (broad SMARTS) is 1. The molecular formula is C18H19ClFN3O4S. The van der Waals surface area contributed by atoms with E-state index >= 15 is 0 Å². The minimum absolute atomic E-state index is 0.00777. The van der Waals surface area contributed by atoms with Crippen molar-refractivity contribution in [3.8, 4) is 11.3 Å². The first-order valence-corrected chi connectivity index (χ1v) is 9.73. The number of aryl methyl sites for hydroxylation is 1. The Balaban J connectivity index is 1.78. The van der Waals surface area contributed by atoms with E-state index in [1.165, 1.54) is 30.0 Å². The lowest BCUT2D eigenvalue weighted by atomic mass is 10.0. The van der Waals surface area contributed by atoms with Crippen LogP contribution in [0.3, 0.4) is 0 Å². The van der Waals surface area contributed by atoms with Crippen molar-refractivity contribution in [2.75, 3.05) is 6.54 Å². The average molecular weight is 428 g/mol. The van der Waals surface area contributed by atoms with Crippen molar-refractivity contribution in [3.05, 3.63) is 40.4 Å². The third-order valence-corrected chi connectivity index (χ3v) is 6.22. The molecule has 1 aromatic heterocycles. The van der Waals surface area contributed by atoms with Crippen molar-refractivity contribution in [2.45, 2.75) is 36.9 Å². The normalized spacial score (nSPS) is 20.9. The second kappa shape index (κ2) is 7.73. The molecule has 1 amide bonds. The van der Waals surface area contributed by atoms with E-state index in [1.54, 1.807) is 6.92 Å². The van der Waals surface area contributed by atoms with Crippen LogP contribution in [0.1, 0.15) is 30.0 Å². The molecule has 2 atom stereocenters. The number of halogens is 2. The SMILES string of the molecule is Cc1onc(-c2c(F)cccc2Cl)c1C(=O)NC[C@@H]1N[C@@H](C(=O)O)C(C)(C)S1. The van der Waals surface area contributed by atoms with Gasteiger partial charge in [0.1, 0.15) is 28.9 Å². The maximum atomic E-state index is 14.3. The average Bonchev–Trinajstić information content (AvgIpc) is 3.12. The summed E-state index contributed by atoms with van der Waals surface area (Å²) < 4.78 is 18.8. The van der Waals surface area contributed by atoms with Gasteiger partial charge in [0, 0.05) is 11.3 Å². The van der Waals surface area contributed by atoms with Crippen molar-refractivity contribution in [1.82, 2.24) is 15.8 Å². The van der Waals surface area contributed by atoms with Gasteiger partial charge in [0.2, 0.25) is 0 Å². The van der Waals surface area contributed by atoms with E-state index in [4.69, 9.17) is 16.1 Å². The van der Waals surface area contributed by atoms with E-state index < -0.39 is 28.5 Å². The van der Waals surface area contributed by atoms with Gasteiger partial charge in [0.05, 0.1) is 16.0 Å². The quantitative estimate of drug-likeness (QED) is 0.673. The Bertz CT molecular complexity index is 913. The van der Waals surface area contributed by atoms with E-state index in [0.29, 0.717) is 0 Å². The number of hydrogen-bond donors (Lipinski definition) is 3. The summed E-state index contributed by atoms with van der Waals surface area (Å²) in [7, 11) is 0. The molecule has 10 heteroatoms. The van der Waals surface area contributed by atoms with Gasteiger partial charge in [-0.1, -0.05) is 22.8 Å². The van der Waals surface area contributed by atoms with Crippen molar-refractivity contribution in [1.29, 1.82) is 0 Å². The molecule has 2 heterocycles. The fourth-order valence-electron chi connectivity index (χ4n) is 3.13. The number of nitrogens with zero attached hydrogens (tertiary/aromatic N) is 1. The van der Waals surface area contributed by atoms with Gasteiger partial charge in [-0.25, -0.2) is 4.39 Å². The van der Waals surface area contributed by atoms with Crippen LogP contribution in [-0.4, -0.2) is 44.8 Å². The Morgan fingerprint density at radius 2 is 2.18 bits per heavy atom. The van der Waals surface area contributed by atoms with Crippen LogP contribution in [0, 0.1) is 12.7 Å². The predicted molar refractivity (Wildman–Crippen MR) is 104 cm³/mol. The van der Waals surface area contributed by atoms with Gasteiger partial charge in [-0.15, -0.1) is 11.8 Å². The number of thioether (sulfide) groups is 1. The highest BCUT2D eigenvalue weighted by Crippen LogP contribution is 2.38. The van der Waals surface area contributed by atoms with Crippen LogP contribution in [0.15, 0.2) is 22.7 Å². The molecule has 2 aromatic rings. The van der Waals surface area contributed by atoms with Crippen LogP contribution in [0.5, 0.6) is 0 Å². The Labute approximate surface area is 170 Å². The number of nitrogens with one attached hydrogen (secondary N) is 2. The number of carbonyl (C=O) groups is 2. The maximum Gasteiger partial charge on any atom is 0.322 e. The van der Waals surface area contributed by atoms with Crippen LogP contribution in [0.2, 0.25) is 5.02 Å². The zero-order chi connectivity index (χ0) is 20.6. The van der Waals surface area contributed by atoms with Crippen molar-refractivity contribution < 1.29 is 23.6 Å². The monoisotopic (exact) mass is 427 g/mol. The van der Waals surface area contributed by atoms with Crippen LogP contribution in [0.4, 0.5) is 4.39 Å². The van der Waals surface area contributed by atoms with Gasteiger partial charge in [0.15, 0.2) is 0 Å². The Morgan fingerprint density at radius 3 is 2.79 bits per heavy atom. The minimum Gasteiger partial charge on any atom is -0.480 e. The maximum absolute atomic E-state index is 14.3. The lowest BCUT2D eigenvalue weighted by Crippen LogP contribution is -2.46. The number of rotatable bonds is 5. The minimum atomic E-state index is -0.947. The summed E-state index contributed by atoms with van der Waals surface area (Å²) in [5.41, 5.74) is 0.101. The lowest BCUT2D eigenvalue weighted by Gasteiger charge is -2.20. The zero-order valence-electron chi connectivity index (χ0n) is 15.4. The van der Waals surface area contributed by atoms with Crippen molar-refractivity contribution >= 4 is 35.2 Å². The van der Waals surface area contributed by atoms with E-state index in [0.717, 1.165) is 0 Å². The standard InChI is InChI=1S/C18H19ClFN3O4S/c1-8-12(14(23-27-8)13-9(19)5-4-6-10(13)20)16(24)21-7-11-22-15(17(25)26)18(2,3)28-11/h4-6,11,15,22H,7H2,1-3H3,(H,21,24)(H,25,26)/t11-,15+/m1/s1. The number of aliphatic carboxylic acids is 1. The predicted octanol–water partition coefficient (Wildman–Crippen LogP) is 3.07. The summed E-state index contributed by atoms with van der Waals surface area (Å²) in [5.74, 6) is -1.85. The van der Waals surface area contributed by atoms with Gasteiger partial charge in [0.25, 0.3) is 5.91 Å². The smallest absolute Gasteiger partial charge is 0.322 e. The summed E-state index contributed by atoms with van der Waals surface area (Å²) in [4.78, 5) is 24.1. The van der Waals surface area contributed by atoms with Crippen molar-refractivity contribution in [2.24, 2.45) is 0 Å². The molecule has 0 aliphatic carbocycles. The highest BCUT2D eigenvalue weighted by molar-refractivity contribution is 8.01. The topological polar surface area (TPSA) is 104 Å². The first-order valence-electron chi connectivity index (χ1n) is 8.47. The molecule has 1 saturated heterocycles. The van der Waals surface area contributed by atoms with Gasteiger partial charge >= 0.3 is 5.97 Å². The molecule has 1 aliphatic heterocycles. The van der Waals surface area contributed by atoms with E-state index in [1.807, 2.05) is 13.8 Å². The highest BCUT2D eigenvalue weighted by atomic mass is 35.5. The van der Waals surface area contributed by atoms with Crippen LogP contribution in [-0.2, 0) is 4.79 Å². The van der Waals surface area contributed by atoms with Crippen LogP contribution >= 0.6 is 23.4 Å². The number of carbonyl (C=O) groups excluding carboxylic acids is 1. The molecule has 0 unspecified atom stereocenters. The number of amides is 1. The molecule has 0 radical (unpaired) electrons.